The second-order valence-electron chi connectivity index (χ2n) is 6.89. The second kappa shape index (κ2) is 8.83. The molecule has 1 N–H and O–H groups in total. The number of carbonyl (C=O) groups is 2. The first-order chi connectivity index (χ1) is 15.0. The van der Waals surface area contributed by atoms with Gasteiger partial charge < -0.3 is 10.1 Å². The Hall–Kier alpha value is -3.30. The zero-order chi connectivity index (χ0) is 22.0. The molecule has 0 spiro atoms. The second-order valence-corrected chi connectivity index (χ2v) is 8.67. The highest BCUT2D eigenvalue weighted by Crippen LogP contribution is 2.30. The smallest absolute Gasteiger partial charge is 0.350 e. The van der Waals surface area contributed by atoms with Gasteiger partial charge in [0.2, 0.25) is 5.91 Å². The van der Waals surface area contributed by atoms with Crippen LogP contribution in [0.5, 0.6) is 0 Å². The van der Waals surface area contributed by atoms with Gasteiger partial charge in [-0.1, -0.05) is 29.8 Å². The van der Waals surface area contributed by atoms with Crippen molar-refractivity contribution in [2.45, 2.75) is 19.9 Å². The van der Waals surface area contributed by atoms with Crippen LogP contribution in [0.1, 0.15) is 21.7 Å². The molecule has 7 nitrogen and oxygen atoms in total. The maximum atomic E-state index is 13.1. The largest absolute Gasteiger partial charge is 0.465 e. The molecule has 1 aromatic carbocycles. The summed E-state index contributed by atoms with van der Waals surface area (Å²) < 4.78 is 6.16. The number of fused-ring (bicyclic) bond motifs is 1. The number of aryl methyl sites for hydroxylation is 2. The van der Waals surface area contributed by atoms with Crippen LogP contribution >= 0.6 is 22.7 Å². The summed E-state index contributed by atoms with van der Waals surface area (Å²) in [6, 6.07) is 9.63. The van der Waals surface area contributed by atoms with Crippen LogP contribution < -0.4 is 10.9 Å². The van der Waals surface area contributed by atoms with Crippen molar-refractivity contribution in [2.75, 3.05) is 12.4 Å². The van der Waals surface area contributed by atoms with Crippen molar-refractivity contribution < 1.29 is 14.3 Å². The summed E-state index contributed by atoms with van der Waals surface area (Å²) in [5.74, 6) is -0.808. The molecule has 1 amide bonds. The molecule has 0 fully saturated rings. The Kier molecular flexibility index (Phi) is 5.97. The van der Waals surface area contributed by atoms with Gasteiger partial charge in [0, 0.05) is 23.9 Å². The Morgan fingerprint density at radius 1 is 1.16 bits per heavy atom. The molecule has 31 heavy (non-hydrogen) atoms. The fraction of sp³-hybridized carbons (Fsp3) is 0.182. The van der Waals surface area contributed by atoms with Gasteiger partial charge in [-0.05, 0) is 23.9 Å². The number of hydrogen-bond donors (Lipinski definition) is 1. The molecule has 0 aliphatic carbocycles. The van der Waals surface area contributed by atoms with Gasteiger partial charge in [0.25, 0.3) is 5.56 Å². The number of carbonyl (C=O) groups excluding carboxylic acids is 2. The number of ether oxygens (including phenoxy) is 1. The van der Waals surface area contributed by atoms with Gasteiger partial charge >= 0.3 is 5.97 Å². The lowest BCUT2D eigenvalue weighted by Gasteiger charge is -2.08. The van der Waals surface area contributed by atoms with E-state index < -0.39 is 5.97 Å². The van der Waals surface area contributed by atoms with Crippen molar-refractivity contribution >= 4 is 50.5 Å². The van der Waals surface area contributed by atoms with E-state index in [0.29, 0.717) is 20.8 Å². The van der Waals surface area contributed by atoms with Crippen LogP contribution in [-0.4, -0.2) is 28.5 Å². The third-order valence-electron chi connectivity index (χ3n) is 4.81. The van der Waals surface area contributed by atoms with Crippen molar-refractivity contribution in [1.29, 1.82) is 0 Å². The number of aromatic nitrogens is 2. The SMILES string of the molecule is COC(=O)c1sccc1NC(=O)CCn1cnc2scc(-c3ccc(C)cc3)c2c1=O. The minimum atomic E-state index is -0.503. The van der Waals surface area contributed by atoms with Crippen LogP contribution in [0.4, 0.5) is 5.69 Å². The lowest BCUT2D eigenvalue weighted by Crippen LogP contribution is -2.23. The Morgan fingerprint density at radius 2 is 1.94 bits per heavy atom. The molecule has 0 aliphatic heterocycles. The molecule has 9 heteroatoms. The number of esters is 1. The lowest BCUT2D eigenvalue weighted by atomic mass is 10.1. The lowest BCUT2D eigenvalue weighted by molar-refractivity contribution is -0.116. The molecule has 0 saturated carbocycles. The van der Waals surface area contributed by atoms with Gasteiger partial charge in [0.05, 0.1) is 24.5 Å². The van der Waals surface area contributed by atoms with Crippen molar-refractivity contribution in [3.05, 3.63) is 68.2 Å². The summed E-state index contributed by atoms with van der Waals surface area (Å²) in [6.45, 7) is 2.19. The minimum Gasteiger partial charge on any atom is -0.465 e. The van der Waals surface area contributed by atoms with Gasteiger partial charge in [0.1, 0.15) is 9.71 Å². The number of rotatable bonds is 6. The van der Waals surface area contributed by atoms with Crippen LogP contribution in [0.2, 0.25) is 0 Å². The van der Waals surface area contributed by atoms with E-state index in [-0.39, 0.29) is 24.4 Å². The Balaban J connectivity index is 1.53. The topological polar surface area (TPSA) is 90.3 Å². The molecular weight excluding hydrogens is 434 g/mol. The highest BCUT2D eigenvalue weighted by atomic mass is 32.1. The van der Waals surface area contributed by atoms with Crippen LogP contribution in [-0.2, 0) is 16.1 Å². The van der Waals surface area contributed by atoms with E-state index >= 15 is 0 Å². The van der Waals surface area contributed by atoms with E-state index in [2.05, 4.69) is 10.3 Å². The van der Waals surface area contributed by atoms with E-state index in [1.54, 1.807) is 11.4 Å². The van der Waals surface area contributed by atoms with Gasteiger partial charge in [-0.3, -0.25) is 14.2 Å². The van der Waals surface area contributed by atoms with Crippen molar-refractivity contribution in [3.63, 3.8) is 0 Å². The molecule has 0 aliphatic rings. The summed E-state index contributed by atoms with van der Waals surface area (Å²) in [7, 11) is 1.29. The Labute approximate surface area is 185 Å². The maximum Gasteiger partial charge on any atom is 0.350 e. The fourth-order valence-electron chi connectivity index (χ4n) is 3.17. The number of anilines is 1. The summed E-state index contributed by atoms with van der Waals surface area (Å²) in [5, 5.41) is 6.90. The van der Waals surface area contributed by atoms with Crippen LogP contribution in [0.3, 0.4) is 0 Å². The predicted octanol–water partition coefficient (Wildman–Crippen LogP) is 4.31. The first kappa shape index (κ1) is 21.0. The third kappa shape index (κ3) is 4.28. The number of amides is 1. The summed E-state index contributed by atoms with van der Waals surface area (Å²) in [6.07, 6.45) is 1.53. The van der Waals surface area contributed by atoms with E-state index in [9.17, 15) is 14.4 Å². The zero-order valence-electron chi connectivity index (χ0n) is 16.9. The normalized spacial score (nSPS) is 10.9. The van der Waals surface area contributed by atoms with Crippen molar-refractivity contribution in [3.8, 4) is 11.1 Å². The van der Waals surface area contributed by atoms with E-state index in [0.717, 1.165) is 16.7 Å². The molecule has 0 unspecified atom stereocenters. The molecule has 3 aromatic heterocycles. The van der Waals surface area contributed by atoms with Crippen molar-refractivity contribution in [1.82, 2.24) is 9.55 Å². The average Bonchev–Trinajstić information content (AvgIpc) is 3.41. The minimum absolute atomic E-state index is 0.0631. The number of nitrogens with zero attached hydrogens (tertiary/aromatic N) is 2. The Morgan fingerprint density at radius 3 is 2.68 bits per heavy atom. The molecule has 3 heterocycles. The quantitative estimate of drug-likeness (QED) is 0.439. The number of benzene rings is 1. The van der Waals surface area contributed by atoms with Gasteiger partial charge in [-0.25, -0.2) is 9.78 Å². The summed E-state index contributed by atoms with van der Waals surface area (Å²) >= 11 is 2.61. The first-order valence-electron chi connectivity index (χ1n) is 9.47. The molecule has 4 rings (SSSR count). The predicted molar refractivity (Wildman–Crippen MR) is 123 cm³/mol. The highest BCUT2D eigenvalue weighted by molar-refractivity contribution is 7.17. The number of nitrogens with one attached hydrogen (secondary N) is 1. The van der Waals surface area contributed by atoms with Crippen LogP contribution in [0.15, 0.2) is 52.2 Å². The molecule has 0 radical (unpaired) electrons. The number of methoxy groups -OCH3 is 1. The molecule has 158 valence electrons. The average molecular weight is 454 g/mol. The van der Waals surface area contributed by atoms with Gasteiger partial charge in [-0.2, -0.15) is 0 Å². The monoisotopic (exact) mass is 453 g/mol. The zero-order valence-corrected chi connectivity index (χ0v) is 18.5. The molecule has 0 atom stereocenters. The standard InChI is InChI=1S/C22H19N3O4S2/c1-13-3-5-14(6-4-13)15-11-31-20-18(15)21(27)25(12-23-20)9-7-17(26)24-16-8-10-30-19(16)22(28)29-2/h3-6,8,10-12H,7,9H2,1-2H3,(H,24,26). The van der Waals surface area contributed by atoms with E-state index in [4.69, 9.17) is 4.74 Å². The number of thiophene rings is 2. The summed E-state index contributed by atoms with van der Waals surface area (Å²) in [5.41, 5.74) is 3.17. The summed E-state index contributed by atoms with van der Waals surface area (Å²) in [4.78, 5) is 42.6. The first-order valence-corrected chi connectivity index (χ1v) is 11.2. The maximum absolute atomic E-state index is 13.1. The number of hydrogen-bond acceptors (Lipinski definition) is 7. The third-order valence-corrected chi connectivity index (χ3v) is 6.59. The molecule has 0 bridgehead atoms. The van der Waals surface area contributed by atoms with Gasteiger partial charge in [0.15, 0.2) is 0 Å². The van der Waals surface area contributed by atoms with E-state index in [1.807, 2.05) is 36.6 Å². The van der Waals surface area contributed by atoms with Gasteiger partial charge in [-0.15, -0.1) is 22.7 Å². The molecule has 4 aromatic rings. The van der Waals surface area contributed by atoms with Crippen molar-refractivity contribution in [2.24, 2.45) is 0 Å². The highest BCUT2D eigenvalue weighted by Gasteiger charge is 2.17. The fourth-order valence-corrected chi connectivity index (χ4v) is 4.84. The van der Waals surface area contributed by atoms with Crippen LogP contribution in [0, 0.1) is 6.92 Å². The van der Waals surface area contributed by atoms with Crippen LogP contribution in [0.25, 0.3) is 21.3 Å². The Bertz CT molecular complexity index is 1320. The molecular formula is C22H19N3O4S2. The van der Waals surface area contributed by atoms with E-state index in [1.165, 1.54) is 40.7 Å². The molecule has 0 saturated heterocycles.